The summed E-state index contributed by atoms with van der Waals surface area (Å²) < 4.78 is 43.6. The average Bonchev–Trinajstić information content (AvgIpc) is 3.12. The minimum absolute atomic E-state index is 0.000204. The van der Waals surface area contributed by atoms with Gasteiger partial charge in [-0.3, -0.25) is 9.79 Å². The van der Waals surface area contributed by atoms with E-state index in [4.69, 9.17) is 16.6 Å². The number of ketones is 1. The van der Waals surface area contributed by atoms with E-state index >= 15 is 0 Å². The molecule has 1 heterocycles. The number of carbonyl (C=O) groups excluding carboxylic acids is 1. The largest absolute Gasteiger partial charge is 0.366 e. The molecule has 3 aliphatic carbocycles. The van der Waals surface area contributed by atoms with Crippen molar-refractivity contribution in [1.82, 2.24) is 9.62 Å². The number of Topliss-reactive ketones (excluding diaryl/α,β-unsaturated/α-hetero) is 1. The van der Waals surface area contributed by atoms with E-state index in [2.05, 4.69) is 26.1 Å². The molecule has 9 heteroatoms. The highest BCUT2D eigenvalue weighted by Crippen LogP contribution is 2.71. The van der Waals surface area contributed by atoms with E-state index in [0.717, 1.165) is 12.3 Å². The fourth-order valence-corrected chi connectivity index (χ4v) is 8.25. The predicted octanol–water partition coefficient (Wildman–Crippen LogP) is 6.14. The molecule has 2 bridgehead atoms. The van der Waals surface area contributed by atoms with Gasteiger partial charge in [0.05, 0.1) is 15.5 Å². The predicted molar refractivity (Wildman–Crippen MR) is 152 cm³/mol. The first-order valence-corrected chi connectivity index (χ1v) is 15.3. The number of aliphatic imine (C=N–C) groups is 1. The molecule has 2 aromatic rings. The summed E-state index contributed by atoms with van der Waals surface area (Å²) in [5.74, 6) is 0.379. The third-order valence-electron chi connectivity index (χ3n) is 8.48. The van der Waals surface area contributed by atoms with Crippen LogP contribution in [0.2, 0.25) is 5.02 Å². The van der Waals surface area contributed by atoms with Crippen molar-refractivity contribution in [3.8, 4) is 0 Å². The molecule has 39 heavy (non-hydrogen) atoms. The normalized spacial score (nSPS) is 27.4. The van der Waals surface area contributed by atoms with Crippen molar-refractivity contribution in [2.75, 3.05) is 0 Å². The Morgan fingerprint density at radius 1 is 1.13 bits per heavy atom. The van der Waals surface area contributed by atoms with Gasteiger partial charge in [0.25, 0.3) is 0 Å². The average molecular weight is 574 g/mol. The number of carbonyl (C=O) groups is 1. The minimum atomic E-state index is -3.86. The number of halogens is 2. The van der Waals surface area contributed by atoms with Gasteiger partial charge >= 0.3 is 0 Å². The fourth-order valence-electron chi connectivity index (χ4n) is 6.36. The van der Waals surface area contributed by atoms with Crippen LogP contribution in [-0.4, -0.2) is 41.5 Å². The summed E-state index contributed by atoms with van der Waals surface area (Å²) in [7, 11) is -3.86. The van der Waals surface area contributed by atoms with Crippen LogP contribution in [0.4, 0.5) is 4.39 Å². The van der Waals surface area contributed by atoms with E-state index < -0.39 is 33.0 Å². The Morgan fingerprint density at radius 2 is 1.77 bits per heavy atom. The van der Waals surface area contributed by atoms with Crippen LogP contribution >= 0.6 is 11.6 Å². The minimum Gasteiger partial charge on any atom is -0.366 e. The summed E-state index contributed by atoms with van der Waals surface area (Å²) >= 11 is 5.88. The molecule has 6 rings (SSSR count). The molecule has 6 nitrogen and oxygen atoms in total. The zero-order chi connectivity index (χ0) is 28.4. The lowest BCUT2D eigenvalue weighted by atomic mass is 9.38. The summed E-state index contributed by atoms with van der Waals surface area (Å²) in [6, 6.07) is 12.3. The summed E-state index contributed by atoms with van der Waals surface area (Å²) in [5.41, 5.74) is -0.750. The van der Waals surface area contributed by atoms with Crippen LogP contribution < -0.4 is 5.32 Å². The van der Waals surface area contributed by atoms with E-state index in [9.17, 15) is 17.6 Å². The monoisotopic (exact) mass is 573 g/mol. The van der Waals surface area contributed by atoms with Crippen molar-refractivity contribution in [3.63, 3.8) is 0 Å². The standard InChI is InChI=1S/C30H37ClFN3O3S/c1-27(2,3)14-13-24(36)25-28(4,5)34-26(33-25)29-17-30(18-29,19-29)35(16-20-11-12-22(31)23(32)15-20)39(37,38)21-9-7-6-8-10-21/h6-12,15,25H,13-14,16-19H2,1-5H3,(H,33,34)/t25-,29?,30?/m0/s1. The highest BCUT2D eigenvalue weighted by atomic mass is 35.5. The second-order valence-corrected chi connectivity index (χ2v) is 15.6. The van der Waals surface area contributed by atoms with E-state index in [0.29, 0.717) is 31.2 Å². The second kappa shape index (κ2) is 9.38. The van der Waals surface area contributed by atoms with Crippen LogP contribution in [0, 0.1) is 16.6 Å². The maximum atomic E-state index is 14.3. The van der Waals surface area contributed by atoms with Gasteiger partial charge in [-0.15, -0.1) is 0 Å². The van der Waals surface area contributed by atoms with Crippen molar-refractivity contribution < 1.29 is 17.6 Å². The molecule has 4 aliphatic rings. The van der Waals surface area contributed by atoms with Gasteiger partial charge in [-0.2, -0.15) is 4.31 Å². The molecular weight excluding hydrogens is 537 g/mol. The SMILES string of the molecule is CC(C)(C)CCC(=O)[C@@H]1N=C(C23CC(N(Cc4ccc(Cl)c(F)c4)S(=O)(=O)c4ccccc4)(C2)C3)NC1(C)C. The first kappa shape index (κ1) is 28.2. The molecule has 3 fully saturated rings. The van der Waals surface area contributed by atoms with Gasteiger partial charge in [0.1, 0.15) is 17.7 Å². The summed E-state index contributed by atoms with van der Waals surface area (Å²) in [6.07, 6.45) is 3.09. The molecule has 2 aromatic carbocycles. The number of benzene rings is 2. The molecule has 1 aliphatic heterocycles. The molecule has 0 spiro atoms. The molecule has 3 saturated carbocycles. The van der Waals surface area contributed by atoms with Gasteiger partial charge in [-0.25, -0.2) is 12.8 Å². The van der Waals surface area contributed by atoms with E-state index in [1.54, 1.807) is 36.4 Å². The molecular formula is C30H37ClFN3O3S. The molecule has 0 saturated heterocycles. The summed E-state index contributed by atoms with van der Waals surface area (Å²) in [4.78, 5) is 18.3. The number of amidine groups is 1. The third-order valence-corrected chi connectivity index (χ3v) is 10.8. The zero-order valence-corrected chi connectivity index (χ0v) is 24.8. The maximum absolute atomic E-state index is 14.3. The quantitative estimate of drug-likeness (QED) is 0.391. The first-order chi connectivity index (χ1) is 18.1. The van der Waals surface area contributed by atoms with E-state index in [1.807, 2.05) is 13.8 Å². The molecule has 1 atom stereocenters. The van der Waals surface area contributed by atoms with E-state index in [-0.39, 0.29) is 33.1 Å². The van der Waals surface area contributed by atoms with Crippen LogP contribution in [0.25, 0.3) is 0 Å². The van der Waals surface area contributed by atoms with Gasteiger partial charge in [0, 0.05) is 23.9 Å². The lowest BCUT2D eigenvalue weighted by Crippen LogP contribution is -2.78. The lowest BCUT2D eigenvalue weighted by molar-refractivity contribution is -0.151. The summed E-state index contributed by atoms with van der Waals surface area (Å²) in [6.45, 7) is 10.4. The highest BCUT2D eigenvalue weighted by Gasteiger charge is 2.75. The Balaban J connectivity index is 1.39. The number of nitrogens with zero attached hydrogens (tertiary/aromatic N) is 2. The van der Waals surface area contributed by atoms with Crippen LogP contribution in [0.1, 0.15) is 72.3 Å². The maximum Gasteiger partial charge on any atom is 0.243 e. The lowest BCUT2D eigenvalue weighted by Gasteiger charge is -2.73. The van der Waals surface area contributed by atoms with Crippen LogP contribution in [-0.2, 0) is 21.4 Å². The Kier molecular flexibility index (Phi) is 6.80. The third kappa shape index (κ3) is 5.04. The topological polar surface area (TPSA) is 78.8 Å². The molecule has 0 unspecified atom stereocenters. The van der Waals surface area contributed by atoms with Crippen molar-refractivity contribution in [1.29, 1.82) is 0 Å². The van der Waals surface area contributed by atoms with Gasteiger partial charge in [0.2, 0.25) is 10.0 Å². The number of sulfonamides is 1. The number of hydrogen-bond acceptors (Lipinski definition) is 5. The van der Waals surface area contributed by atoms with E-state index in [1.165, 1.54) is 16.4 Å². The Morgan fingerprint density at radius 3 is 2.36 bits per heavy atom. The number of hydrogen-bond donors (Lipinski definition) is 1. The molecule has 0 amide bonds. The van der Waals surface area contributed by atoms with Crippen molar-refractivity contribution in [2.24, 2.45) is 15.8 Å². The van der Waals surface area contributed by atoms with Crippen molar-refractivity contribution >= 4 is 33.2 Å². The molecule has 210 valence electrons. The Labute approximate surface area is 236 Å². The number of rotatable bonds is 9. The highest BCUT2D eigenvalue weighted by molar-refractivity contribution is 7.89. The first-order valence-electron chi connectivity index (χ1n) is 13.5. The fraction of sp³-hybridized carbons (Fsp3) is 0.533. The molecule has 0 aromatic heterocycles. The van der Waals surface area contributed by atoms with Crippen LogP contribution in [0.15, 0.2) is 58.4 Å². The van der Waals surface area contributed by atoms with Crippen molar-refractivity contribution in [2.45, 2.75) is 95.3 Å². The molecule has 1 N–H and O–H groups in total. The van der Waals surface area contributed by atoms with Gasteiger partial charge < -0.3 is 5.32 Å². The number of nitrogens with one attached hydrogen (secondary N) is 1. The van der Waals surface area contributed by atoms with Gasteiger partial charge in [-0.1, -0.05) is 56.6 Å². The van der Waals surface area contributed by atoms with Gasteiger partial charge in [0.15, 0.2) is 5.78 Å². The molecule has 0 radical (unpaired) electrons. The zero-order valence-electron chi connectivity index (χ0n) is 23.2. The van der Waals surface area contributed by atoms with Crippen LogP contribution in [0.3, 0.4) is 0 Å². The van der Waals surface area contributed by atoms with Crippen molar-refractivity contribution in [3.05, 3.63) is 64.9 Å². The Hall–Kier alpha value is -2.29. The van der Waals surface area contributed by atoms with Gasteiger partial charge in [-0.05, 0) is 74.8 Å². The smallest absolute Gasteiger partial charge is 0.243 e. The van der Waals surface area contributed by atoms with Crippen LogP contribution in [0.5, 0.6) is 0 Å². The second-order valence-electron chi connectivity index (χ2n) is 13.4. The summed E-state index contributed by atoms with van der Waals surface area (Å²) in [5, 5.41) is 3.53. The Bertz CT molecular complexity index is 1410.